The smallest absolute Gasteiger partial charge is 0.182 e. The number of aliphatic hydroxyl groups excluding tert-OH is 1. The lowest BCUT2D eigenvalue weighted by molar-refractivity contribution is 0.283. The van der Waals surface area contributed by atoms with Gasteiger partial charge in [-0.1, -0.05) is 157 Å². The monoisotopic (exact) mass is 1870 g/mol. The number of aromatic amines is 1. The van der Waals surface area contributed by atoms with Crippen molar-refractivity contribution in [2.45, 2.75) is 20.5 Å². The second-order valence-corrected chi connectivity index (χ2v) is 32.0. The number of hydrogen-bond acceptors (Lipinski definition) is 22. The van der Waals surface area contributed by atoms with Gasteiger partial charge in [0.05, 0.1) is 156 Å². The first-order chi connectivity index (χ1) is 70.0. The molecule has 0 saturated carbocycles. The predicted octanol–water partition coefficient (Wildman–Crippen LogP) is 25.4. The summed E-state index contributed by atoms with van der Waals surface area (Å²) in [6.07, 6.45) is 24.5. The van der Waals surface area contributed by atoms with Crippen molar-refractivity contribution in [3.63, 3.8) is 0 Å². The maximum absolute atomic E-state index is 11.8. The zero-order chi connectivity index (χ0) is 97.2. The van der Waals surface area contributed by atoms with E-state index in [0.29, 0.717) is 16.4 Å². The van der Waals surface area contributed by atoms with Crippen molar-refractivity contribution in [1.29, 1.82) is 0 Å². The SMILES string of the molecule is COc1ccnc2c1ccc1c(CO)ccnc12.Cc1cc(-c2ccccn2)nc(-c2ccccn2)c1.Cc1ccc(-c2cc(-c3ccccn3)nc(-c3ccccn3)c2)cc1.Clc1cc(-c2ccccn2)nc(-c2ccccn2)c1.O=c1cc(-c2ccccn2)[nH]c(-c2ccccn2)c1.c1ccc(-c2cc(-c3ccccn3)nc(-c3ccccn3)c2)cc1.c1ccc(-c2cccc(-c3ccccn3)n2)nc1. The molecule has 23 nitrogen and oxygen atoms in total. The van der Waals surface area contributed by atoms with Crippen LogP contribution >= 0.6 is 11.6 Å². The van der Waals surface area contributed by atoms with Gasteiger partial charge in [-0.15, -0.1) is 0 Å². The standard InChI is InChI=1S/C22H17N3.C21H15N3.C16H13N3.C15H10ClN3.C15H11N3O.C15H11N3.C14H12N2O2/c1-16-8-10-17(11-9-16)18-14-21(19-6-2-4-12-23-19)25-22(15-18)20-7-3-5-13-24-20;1-2-8-16(9-3-1)17-14-20(18-10-4-6-12-22-18)24-21(15-17)19-11-5-7-13-23-19;1-12-10-15(13-6-2-4-8-17-13)19-16(11-12)14-7-3-5-9-18-14;16-11-9-14(12-5-1-3-7-17-12)19-15(10-11)13-6-2-4-8-18-13;19-11-9-14(12-5-1-3-7-16-12)18-15(10-11)13-6-2-4-8-17-13;1-3-10-16-12(6-1)14-8-5-9-15(18-14)13-7-2-4-11-17-13;1-18-12-5-7-16-14-11(12)3-2-10-9(8-17)4-6-15-13(10)14/h2-15H,1H3;1-15H;2-11H,1H3;1-10H;1-10H,(H,18,19);1-11H;2-7,17H,8H2,1H3. The minimum atomic E-state index is -0.0694. The first-order valence-electron chi connectivity index (χ1n) is 45.3. The Balaban J connectivity index is 0.000000114. The van der Waals surface area contributed by atoms with Crippen LogP contribution in [0.3, 0.4) is 0 Å². The minimum Gasteiger partial charge on any atom is -0.496 e. The second kappa shape index (κ2) is 48.0. The Kier molecular flexibility index (Phi) is 32.0. The third-order valence-corrected chi connectivity index (χ3v) is 21.9. The molecule has 3 aromatic carbocycles. The van der Waals surface area contributed by atoms with E-state index in [1.807, 2.05) is 291 Å². The van der Waals surface area contributed by atoms with E-state index in [-0.39, 0.29) is 12.0 Å². The Morgan fingerprint density at radius 2 is 0.514 bits per heavy atom. The number of aliphatic hydroxyl groups is 1. The van der Waals surface area contributed by atoms with E-state index >= 15 is 0 Å². The fraction of sp³-hybridized carbons (Fsp3) is 0.0339. The lowest BCUT2D eigenvalue weighted by Crippen LogP contribution is -2.03. The van der Waals surface area contributed by atoms with Gasteiger partial charge in [0, 0.05) is 115 Å². The van der Waals surface area contributed by atoms with Gasteiger partial charge in [0.1, 0.15) is 11.3 Å². The van der Waals surface area contributed by atoms with Crippen molar-refractivity contribution in [2.24, 2.45) is 0 Å². The molecule has 0 radical (unpaired) electrons. The highest BCUT2D eigenvalue weighted by atomic mass is 35.5. The number of halogens is 1. The molecule has 23 rings (SSSR count). The number of ether oxygens (including phenoxy) is 1. The summed E-state index contributed by atoms with van der Waals surface area (Å²) in [7, 11) is 1.64. The molecule has 24 heteroatoms. The van der Waals surface area contributed by atoms with E-state index in [1.165, 1.54) is 17.7 Å². The summed E-state index contributed by atoms with van der Waals surface area (Å²) in [5, 5.41) is 11.8. The highest BCUT2D eigenvalue weighted by molar-refractivity contribution is 6.31. The van der Waals surface area contributed by atoms with Crippen LogP contribution < -0.4 is 10.2 Å². The Labute approximate surface area is 824 Å². The molecule has 0 aliphatic heterocycles. The fourth-order valence-corrected chi connectivity index (χ4v) is 15.1. The van der Waals surface area contributed by atoms with Crippen molar-refractivity contribution >= 4 is 33.4 Å². The molecule has 0 bridgehead atoms. The topological polar surface area (TPSA) is 307 Å². The molecule has 686 valence electrons. The first kappa shape index (κ1) is 94.8. The van der Waals surface area contributed by atoms with Gasteiger partial charge in [-0.3, -0.25) is 74.6 Å². The molecule has 0 saturated heterocycles. The van der Waals surface area contributed by atoms with Crippen molar-refractivity contribution in [1.82, 2.24) is 99.7 Å². The largest absolute Gasteiger partial charge is 0.496 e. The Hall–Kier alpha value is -19.0. The molecular formula is C118H89ClN20O3. The number of hydrogen-bond donors (Lipinski definition) is 2. The lowest BCUT2D eigenvalue weighted by Gasteiger charge is -2.09. The van der Waals surface area contributed by atoms with E-state index in [4.69, 9.17) is 26.3 Å². The molecule has 0 fully saturated rings. The van der Waals surface area contributed by atoms with Crippen molar-refractivity contribution in [2.75, 3.05) is 7.11 Å². The molecule has 0 spiro atoms. The quantitative estimate of drug-likeness (QED) is 0.0849. The maximum Gasteiger partial charge on any atom is 0.182 e. The summed E-state index contributed by atoms with van der Waals surface area (Å²) in [6.45, 7) is 4.14. The average Bonchev–Trinajstić information content (AvgIpc) is 0.764. The third-order valence-electron chi connectivity index (χ3n) is 21.7. The van der Waals surface area contributed by atoms with E-state index < -0.39 is 0 Å². The number of nitrogens with one attached hydrogen (secondary N) is 1. The maximum atomic E-state index is 11.8. The molecule has 0 aliphatic rings. The number of methoxy groups -OCH3 is 1. The molecule has 0 atom stereocenters. The molecular weight excluding hydrogens is 1780 g/mol. The summed E-state index contributed by atoms with van der Waals surface area (Å²) in [5.74, 6) is 0.776. The lowest BCUT2D eigenvalue weighted by atomic mass is 10.0. The van der Waals surface area contributed by atoms with Crippen LogP contribution in [0, 0.1) is 13.8 Å². The van der Waals surface area contributed by atoms with Gasteiger partial charge in [0.2, 0.25) is 0 Å². The highest BCUT2D eigenvalue weighted by Gasteiger charge is 2.17. The zero-order valence-corrected chi connectivity index (χ0v) is 78.0. The van der Waals surface area contributed by atoms with Crippen molar-refractivity contribution in [3.05, 3.63) is 495 Å². The molecule has 0 aliphatic carbocycles. The molecule has 20 heterocycles. The number of benzene rings is 3. The molecule has 142 heavy (non-hydrogen) atoms. The zero-order valence-electron chi connectivity index (χ0n) is 77.2. The van der Waals surface area contributed by atoms with Gasteiger partial charge >= 0.3 is 0 Å². The van der Waals surface area contributed by atoms with Crippen LogP contribution in [-0.2, 0) is 6.61 Å². The summed E-state index contributed by atoms with van der Waals surface area (Å²) < 4.78 is 5.32. The van der Waals surface area contributed by atoms with Crippen LogP contribution in [0.1, 0.15) is 16.7 Å². The third kappa shape index (κ3) is 25.4. The molecule has 0 unspecified atom stereocenters. The van der Waals surface area contributed by atoms with Gasteiger partial charge in [-0.25, -0.2) is 24.9 Å². The number of aromatic nitrogens is 20. The van der Waals surface area contributed by atoms with Gasteiger partial charge in [-0.2, -0.15) is 0 Å². The average molecular weight is 1870 g/mol. The summed E-state index contributed by atoms with van der Waals surface area (Å²) in [6, 6.07) is 120. The minimum absolute atomic E-state index is 0.00546. The molecule has 2 N–H and O–H groups in total. The van der Waals surface area contributed by atoms with Gasteiger partial charge in [-0.05, 0) is 272 Å². The second-order valence-electron chi connectivity index (χ2n) is 31.6. The Bertz CT molecular complexity index is 7440. The number of aryl methyl sites for hydroxylation is 2. The van der Waals surface area contributed by atoms with Crippen LogP contribution in [-0.4, -0.2) is 112 Å². The van der Waals surface area contributed by atoms with Gasteiger partial charge in [0.25, 0.3) is 0 Å². The normalized spacial score (nSPS) is 10.5. The summed E-state index contributed by atoms with van der Waals surface area (Å²) >= 11 is 6.15. The van der Waals surface area contributed by atoms with Crippen LogP contribution in [0.2, 0.25) is 5.02 Å². The van der Waals surface area contributed by atoms with Gasteiger partial charge in [0.15, 0.2) is 5.43 Å². The molecule has 20 aromatic heterocycles. The number of fused-ring (bicyclic) bond motifs is 3. The fourth-order valence-electron chi connectivity index (χ4n) is 14.9. The van der Waals surface area contributed by atoms with Crippen molar-refractivity contribution in [3.8, 4) is 165 Å². The van der Waals surface area contributed by atoms with E-state index in [2.05, 4.69) is 164 Å². The number of pyridine rings is 20. The first-order valence-corrected chi connectivity index (χ1v) is 45.7. The molecule has 23 aromatic rings. The van der Waals surface area contributed by atoms with Crippen LogP contribution in [0.5, 0.6) is 5.75 Å². The molecule has 0 amide bonds. The van der Waals surface area contributed by atoms with Gasteiger partial charge < -0.3 is 14.8 Å². The van der Waals surface area contributed by atoms with Crippen LogP contribution in [0.4, 0.5) is 0 Å². The predicted molar refractivity (Wildman–Crippen MR) is 562 cm³/mol. The van der Waals surface area contributed by atoms with Crippen molar-refractivity contribution < 1.29 is 9.84 Å². The number of H-pyrrole nitrogens is 1. The number of nitrogens with zero attached hydrogens (tertiary/aromatic N) is 19. The van der Waals surface area contributed by atoms with E-state index in [1.54, 1.807) is 106 Å². The van der Waals surface area contributed by atoms with Crippen LogP contribution in [0.25, 0.3) is 181 Å². The summed E-state index contributed by atoms with van der Waals surface area (Å²) in [4.78, 5) is 99.2. The van der Waals surface area contributed by atoms with Crippen LogP contribution in [0.15, 0.2) is 468 Å². The number of rotatable bonds is 16. The van der Waals surface area contributed by atoms with E-state index in [0.717, 1.165) is 186 Å². The Morgan fingerprint density at radius 1 is 0.239 bits per heavy atom. The summed E-state index contributed by atoms with van der Waals surface area (Å²) in [5.41, 5.74) is 29.0. The van der Waals surface area contributed by atoms with E-state index in [9.17, 15) is 9.90 Å². The Morgan fingerprint density at radius 3 is 0.838 bits per heavy atom. The highest BCUT2D eigenvalue weighted by Crippen LogP contribution is 2.35.